The molecule has 0 heterocycles. The van der Waals surface area contributed by atoms with Crippen molar-refractivity contribution in [3.05, 3.63) is 67.6 Å². The standard InChI is InChI=1S/C15H12BrCl2F2N/c1-2-21-15(8-3-6-12(19)11(17)7-8)9-4-5-10(16)13(18)14(9)20/h3-7,15,21H,2H2,1H3. The van der Waals surface area contributed by atoms with Gasteiger partial charge in [0.15, 0.2) is 0 Å². The summed E-state index contributed by atoms with van der Waals surface area (Å²) in [5, 5.41) is 3.17. The first-order valence-electron chi connectivity index (χ1n) is 6.27. The molecule has 0 aliphatic carbocycles. The maximum absolute atomic E-state index is 14.4. The summed E-state index contributed by atoms with van der Waals surface area (Å²) < 4.78 is 28.2. The van der Waals surface area contributed by atoms with Crippen molar-refractivity contribution >= 4 is 39.1 Å². The molecule has 0 radical (unpaired) electrons. The molecule has 2 rings (SSSR count). The van der Waals surface area contributed by atoms with Gasteiger partial charge in [0.2, 0.25) is 0 Å². The van der Waals surface area contributed by atoms with Crippen LogP contribution in [-0.4, -0.2) is 6.54 Å². The molecule has 21 heavy (non-hydrogen) atoms. The SMILES string of the molecule is CCNC(c1ccc(F)c(Cl)c1)c1ccc(Br)c(Cl)c1F. The second kappa shape index (κ2) is 7.05. The topological polar surface area (TPSA) is 12.0 Å². The smallest absolute Gasteiger partial charge is 0.148 e. The summed E-state index contributed by atoms with van der Waals surface area (Å²) in [6.45, 7) is 2.50. The van der Waals surface area contributed by atoms with Crippen LogP contribution >= 0.6 is 39.1 Å². The third kappa shape index (κ3) is 3.57. The number of rotatable bonds is 4. The van der Waals surface area contributed by atoms with Gasteiger partial charge in [0.05, 0.1) is 16.1 Å². The van der Waals surface area contributed by atoms with Crippen LogP contribution in [0.5, 0.6) is 0 Å². The third-order valence-electron chi connectivity index (χ3n) is 3.06. The van der Waals surface area contributed by atoms with Gasteiger partial charge in [-0.05, 0) is 46.2 Å². The van der Waals surface area contributed by atoms with Crippen molar-refractivity contribution < 1.29 is 8.78 Å². The molecular formula is C15H12BrCl2F2N. The highest BCUT2D eigenvalue weighted by Crippen LogP contribution is 2.33. The number of benzene rings is 2. The first kappa shape index (κ1) is 16.7. The highest BCUT2D eigenvalue weighted by Gasteiger charge is 2.21. The first-order valence-corrected chi connectivity index (χ1v) is 7.82. The second-order valence-electron chi connectivity index (χ2n) is 4.43. The first-order chi connectivity index (χ1) is 9.95. The lowest BCUT2D eigenvalue weighted by atomic mass is 9.98. The summed E-state index contributed by atoms with van der Waals surface area (Å²) in [5.74, 6) is -1.03. The van der Waals surface area contributed by atoms with Crippen molar-refractivity contribution in [1.82, 2.24) is 5.32 Å². The molecule has 0 amide bonds. The number of nitrogens with one attached hydrogen (secondary N) is 1. The molecule has 0 spiro atoms. The molecule has 2 aromatic carbocycles. The molecule has 1 nitrogen and oxygen atoms in total. The summed E-state index contributed by atoms with van der Waals surface area (Å²) in [7, 11) is 0. The van der Waals surface area contributed by atoms with Gasteiger partial charge in [-0.2, -0.15) is 0 Å². The van der Waals surface area contributed by atoms with Crippen LogP contribution in [-0.2, 0) is 0 Å². The minimum atomic E-state index is -0.516. The quantitative estimate of drug-likeness (QED) is 0.652. The van der Waals surface area contributed by atoms with Gasteiger partial charge in [0, 0.05) is 10.0 Å². The molecule has 0 bridgehead atoms. The highest BCUT2D eigenvalue weighted by atomic mass is 79.9. The van der Waals surface area contributed by atoms with Crippen LogP contribution in [0.2, 0.25) is 10.0 Å². The van der Waals surface area contributed by atoms with Gasteiger partial charge in [-0.3, -0.25) is 0 Å². The van der Waals surface area contributed by atoms with E-state index in [2.05, 4.69) is 21.2 Å². The summed E-state index contributed by atoms with van der Waals surface area (Å²) in [4.78, 5) is 0. The van der Waals surface area contributed by atoms with E-state index in [9.17, 15) is 8.78 Å². The Kier molecular flexibility index (Phi) is 5.60. The number of hydrogen-bond donors (Lipinski definition) is 1. The molecule has 0 fully saturated rings. The molecule has 1 atom stereocenters. The molecule has 6 heteroatoms. The molecule has 1 N–H and O–H groups in total. The number of halogens is 5. The van der Waals surface area contributed by atoms with E-state index in [1.54, 1.807) is 18.2 Å². The fraction of sp³-hybridized carbons (Fsp3) is 0.200. The maximum Gasteiger partial charge on any atom is 0.148 e. The van der Waals surface area contributed by atoms with Crippen molar-refractivity contribution in [3.63, 3.8) is 0 Å². The van der Waals surface area contributed by atoms with Crippen molar-refractivity contribution in [2.24, 2.45) is 0 Å². The minimum absolute atomic E-state index is 0.000908. The molecule has 0 aliphatic heterocycles. The van der Waals surface area contributed by atoms with Crippen LogP contribution in [0, 0.1) is 11.6 Å². The lowest BCUT2D eigenvalue weighted by Crippen LogP contribution is -2.23. The maximum atomic E-state index is 14.4. The average Bonchev–Trinajstić information content (AvgIpc) is 2.46. The van der Waals surface area contributed by atoms with E-state index in [0.29, 0.717) is 22.1 Å². The zero-order chi connectivity index (χ0) is 15.6. The zero-order valence-electron chi connectivity index (χ0n) is 11.1. The summed E-state index contributed by atoms with van der Waals surface area (Å²) in [5.41, 5.74) is 1.05. The molecule has 0 aromatic heterocycles. The van der Waals surface area contributed by atoms with Gasteiger partial charge in [-0.15, -0.1) is 0 Å². The van der Waals surface area contributed by atoms with E-state index in [1.165, 1.54) is 12.1 Å². The second-order valence-corrected chi connectivity index (χ2v) is 6.07. The van der Waals surface area contributed by atoms with Crippen molar-refractivity contribution in [2.45, 2.75) is 13.0 Å². The van der Waals surface area contributed by atoms with E-state index in [0.717, 1.165) is 0 Å². The van der Waals surface area contributed by atoms with Gasteiger partial charge in [0.1, 0.15) is 11.6 Å². The highest BCUT2D eigenvalue weighted by molar-refractivity contribution is 9.10. The predicted molar refractivity (Wildman–Crippen MR) is 86.0 cm³/mol. The van der Waals surface area contributed by atoms with Gasteiger partial charge in [-0.25, -0.2) is 8.78 Å². The van der Waals surface area contributed by atoms with Crippen LogP contribution in [0.1, 0.15) is 24.1 Å². The van der Waals surface area contributed by atoms with Gasteiger partial charge >= 0.3 is 0 Å². The van der Waals surface area contributed by atoms with Crippen LogP contribution < -0.4 is 5.32 Å². The summed E-state index contributed by atoms with van der Waals surface area (Å²) in [6, 6.07) is 7.18. The number of hydrogen-bond acceptors (Lipinski definition) is 1. The Morgan fingerprint density at radius 2 is 1.90 bits per heavy atom. The third-order valence-corrected chi connectivity index (χ3v) is 4.61. The van der Waals surface area contributed by atoms with Gasteiger partial charge in [0.25, 0.3) is 0 Å². The van der Waals surface area contributed by atoms with E-state index in [4.69, 9.17) is 23.2 Å². The van der Waals surface area contributed by atoms with E-state index >= 15 is 0 Å². The molecule has 0 saturated carbocycles. The average molecular weight is 395 g/mol. The van der Waals surface area contributed by atoms with Gasteiger partial charge in [-0.1, -0.05) is 42.3 Å². The Bertz CT molecular complexity index is 664. The fourth-order valence-electron chi connectivity index (χ4n) is 2.07. The van der Waals surface area contributed by atoms with Crippen molar-refractivity contribution in [3.8, 4) is 0 Å². The fourth-order valence-corrected chi connectivity index (χ4v) is 2.73. The van der Waals surface area contributed by atoms with Crippen molar-refractivity contribution in [2.75, 3.05) is 6.54 Å². The molecule has 0 saturated heterocycles. The normalized spacial score (nSPS) is 12.5. The minimum Gasteiger partial charge on any atom is -0.306 e. The van der Waals surface area contributed by atoms with Crippen LogP contribution in [0.15, 0.2) is 34.8 Å². The Morgan fingerprint density at radius 3 is 2.52 bits per heavy atom. The largest absolute Gasteiger partial charge is 0.306 e. The molecule has 112 valence electrons. The summed E-state index contributed by atoms with van der Waals surface area (Å²) in [6.07, 6.45) is 0. The predicted octanol–water partition coefficient (Wildman–Crippen LogP) is 5.73. The Morgan fingerprint density at radius 1 is 1.19 bits per heavy atom. The summed E-state index contributed by atoms with van der Waals surface area (Å²) >= 11 is 14.9. The monoisotopic (exact) mass is 393 g/mol. The van der Waals surface area contributed by atoms with Crippen molar-refractivity contribution in [1.29, 1.82) is 0 Å². The Labute approximate surface area is 140 Å². The zero-order valence-corrected chi connectivity index (χ0v) is 14.2. The molecule has 1 unspecified atom stereocenters. The molecule has 0 aliphatic rings. The van der Waals surface area contributed by atoms with Crippen LogP contribution in [0.25, 0.3) is 0 Å². The Hall–Kier alpha value is -0.680. The van der Waals surface area contributed by atoms with Crippen LogP contribution in [0.3, 0.4) is 0 Å². The lowest BCUT2D eigenvalue weighted by molar-refractivity contribution is 0.557. The van der Waals surface area contributed by atoms with E-state index in [-0.39, 0.29) is 10.0 Å². The van der Waals surface area contributed by atoms with E-state index < -0.39 is 17.7 Å². The van der Waals surface area contributed by atoms with Gasteiger partial charge < -0.3 is 5.32 Å². The van der Waals surface area contributed by atoms with Crippen LogP contribution in [0.4, 0.5) is 8.78 Å². The Balaban J connectivity index is 2.53. The molecule has 2 aromatic rings. The lowest BCUT2D eigenvalue weighted by Gasteiger charge is -2.20. The van der Waals surface area contributed by atoms with E-state index in [1.807, 2.05) is 6.92 Å². The molecular weight excluding hydrogens is 383 g/mol.